The van der Waals surface area contributed by atoms with E-state index in [9.17, 15) is 4.79 Å². The summed E-state index contributed by atoms with van der Waals surface area (Å²) in [7, 11) is 0. The fourth-order valence-corrected chi connectivity index (χ4v) is 1.97. The first kappa shape index (κ1) is 14.8. The van der Waals surface area contributed by atoms with Gasteiger partial charge < -0.3 is 10.4 Å². The summed E-state index contributed by atoms with van der Waals surface area (Å²) >= 11 is 0. The van der Waals surface area contributed by atoms with Crippen LogP contribution >= 0.6 is 0 Å². The van der Waals surface area contributed by atoms with Crippen molar-refractivity contribution in [3.8, 4) is 11.8 Å². The van der Waals surface area contributed by atoms with Crippen molar-refractivity contribution < 1.29 is 9.90 Å². The van der Waals surface area contributed by atoms with E-state index in [0.29, 0.717) is 6.42 Å². The third-order valence-electron chi connectivity index (χ3n) is 3.09. The number of aryl methyl sites for hydroxylation is 1. The highest BCUT2D eigenvalue weighted by Gasteiger charge is 2.05. The fourth-order valence-electron chi connectivity index (χ4n) is 1.97. The number of rotatable bonds is 3. The quantitative estimate of drug-likeness (QED) is 0.848. The first-order valence-electron chi connectivity index (χ1n) is 6.73. The Morgan fingerprint density at radius 1 is 1.14 bits per heavy atom. The van der Waals surface area contributed by atoms with E-state index in [1.165, 1.54) is 0 Å². The molecule has 2 N–H and O–H groups in total. The van der Waals surface area contributed by atoms with Crippen molar-refractivity contribution in [2.75, 3.05) is 11.9 Å². The summed E-state index contributed by atoms with van der Waals surface area (Å²) in [4.78, 5) is 12.0. The van der Waals surface area contributed by atoms with Crippen LogP contribution in [0.4, 0.5) is 5.69 Å². The van der Waals surface area contributed by atoms with Gasteiger partial charge in [0.15, 0.2) is 0 Å². The Balaban J connectivity index is 1.98. The van der Waals surface area contributed by atoms with Crippen LogP contribution in [0.3, 0.4) is 0 Å². The summed E-state index contributed by atoms with van der Waals surface area (Å²) in [5.74, 6) is 5.35. The molecule has 2 aromatic rings. The molecule has 0 spiro atoms. The maximum atomic E-state index is 12.0. The van der Waals surface area contributed by atoms with Gasteiger partial charge in [-0.15, -0.1) is 0 Å². The molecule has 0 aromatic heterocycles. The van der Waals surface area contributed by atoms with Crippen molar-refractivity contribution in [1.82, 2.24) is 0 Å². The van der Waals surface area contributed by atoms with Gasteiger partial charge in [-0.3, -0.25) is 4.79 Å². The molecule has 0 aliphatic carbocycles. The zero-order valence-corrected chi connectivity index (χ0v) is 11.9. The van der Waals surface area contributed by atoms with E-state index in [-0.39, 0.29) is 12.5 Å². The number of aliphatic hydroxyl groups is 1. The van der Waals surface area contributed by atoms with Gasteiger partial charge in [0, 0.05) is 11.3 Å². The van der Waals surface area contributed by atoms with Crippen LogP contribution in [0.5, 0.6) is 0 Å². The second kappa shape index (κ2) is 7.28. The number of benzene rings is 2. The lowest BCUT2D eigenvalue weighted by Gasteiger charge is -2.07. The standard InChI is InChI=1S/C18H17NO2/c1-14-5-2-3-7-16(14)13-18(21)19-17-10-8-15(9-11-17)6-4-12-20/h2-3,5,7-11,20H,12-13H2,1H3,(H,19,21). The number of hydrogen-bond donors (Lipinski definition) is 2. The minimum absolute atomic E-state index is 0.0431. The highest BCUT2D eigenvalue weighted by molar-refractivity contribution is 5.92. The molecule has 0 heterocycles. The molecule has 0 saturated carbocycles. The molecule has 3 nitrogen and oxygen atoms in total. The van der Waals surface area contributed by atoms with Crippen molar-refractivity contribution in [3.63, 3.8) is 0 Å². The predicted molar refractivity (Wildman–Crippen MR) is 83.9 cm³/mol. The molecule has 3 heteroatoms. The summed E-state index contributed by atoms with van der Waals surface area (Å²) < 4.78 is 0. The molecule has 0 radical (unpaired) electrons. The van der Waals surface area contributed by atoms with Crippen molar-refractivity contribution in [1.29, 1.82) is 0 Å². The highest BCUT2D eigenvalue weighted by atomic mass is 16.2. The molecule has 2 aromatic carbocycles. The Morgan fingerprint density at radius 2 is 1.86 bits per heavy atom. The van der Waals surface area contributed by atoms with Crippen molar-refractivity contribution in [2.24, 2.45) is 0 Å². The third-order valence-corrected chi connectivity index (χ3v) is 3.09. The van der Waals surface area contributed by atoms with Crippen LogP contribution in [-0.4, -0.2) is 17.6 Å². The second-order valence-electron chi connectivity index (χ2n) is 4.69. The largest absolute Gasteiger partial charge is 0.384 e. The summed E-state index contributed by atoms with van der Waals surface area (Å²) in [5, 5.41) is 11.5. The maximum Gasteiger partial charge on any atom is 0.228 e. The number of hydrogen-bond acceptors (Lipinski definition) is 2. The minimum Gasteiger partial charge on any atom is -0.384 e. The molecule has 21 heavy (non-hydrogen) atoms. The van der Waals surface area contributed by atoms with Crippen LogP contribution in [-0.2, 0) is 11.2 Å². The predicted octanol–water partition coefficient (Wildman–Crippen LogP) is 2.52. The van der Waals surface area contributed by atoms with Crippen molar-refractivity contribution in [2.45, 2.75) is 13.3 Å². The van der Waals surface area contributed by atoms with Crippen LogP contribution in [0.25, 0.3) is 0 Å². The van der Waals surface area contributed by atoms with Gasteiger partial charge in [0.2, 0.25) is 5.91 Å². The Hall–Kier alpha value is -2.57. The van der Waals surface area contributed by atoms with Gasteiger partial charge in [-0.1, -0.05) is 36.1 Å². The molecular formula is C18H17NO2. The molecule has 0 aliphatic heterocycles. The summed E-state index contributed by atoms with van der Waals surface area (Å²) in [6.07, 6.45) is 0.360. The molecule has 0 fully saturated rings. The van der Waals surface area contributed by atoms with Crippen LogP contribution in [0, 0.1) is 18.8 Å². The van der Waals surface area contributed by atoms with Gasteiger partial charge in [0.25, 0.3) is 0 Å². The van der Waals surface area contributed by atoms with Crippen LogP contribution in [0.15, 0.2) is 48.5 Å². The fraction of sp³-hybridized carbons (Fsp3) is 0.167. The average molecular weight is 279 g/mol. The van der Waals surface area contributed by atoms with Gasteiger partial charge in [0.05, 0.1) is 6.42 Å². The average Bonchev–Trinajstić information content (AvgIpc) is 2.49. The molecule has 2 rings (SSSR count). The third kappa shape index (κ3) is 4.48. The first-order chi connectivity index (χ1) is 10.2. The lowest BCUT2D eigenvalue weighted by Crippen LogP contribution is -2.14. The number of nitrogens with one attached hydrogen (secondary N) is 1. The molecule has 0 unspecified atom stereocenters. The Bertz CT molecular complexity index is 678. The van der Waals surface area contributed by atoms with Crippen molar-refractivity contribution >= 4 is 11.6 Å². The number of amides is 1. The molecule has 0 saturated heterocycles. The molecular weight excluding hydrogens is 262 g/mol. The van der Waals surface area contributed by atoms with E-state index in [2.05, 4.69) is 17.2 Å². The van der Waals surface area contributed by atoms with Gasteiger partial charge in [-0.05, 0) is 42.3 Å². The van der Waals surface area contributed by atoms with Gasteiger partial charge >= 0.3 is 0 Å². The molecule has 1 amide bonds. The van der Waals surface area contributed by atoms with Crippen molar-refractivity contribution in [3.05, 3.63) is 65.2 Å². The van der Waals surface area contributed by atoms with E-state index in [4.69, 9.17) is 5.11 Å². The number of aliphatic hydroxyl groups excluding tert-OH is 1. The Labute approximate surface area is 124 Å². The van der Waals surface area contributed by atoms with E-state index < -0.39 is 0 Å². The number of carbonyl (C=O) groups excluding carboxylic acids is 1. The molecule has 0 bridgehead atoms. The first-order valence-corrected chi connectivity index (χ1v) is 6.73. The second-order valence-corrected chi connectivity index (χ2v) is 4.69. The summed E-state index contributed by atoms with van der Waals surface area (Å²) in [5.41, 5.74) is 3.69. The lowest BCUT2D eigenvalue weighted by atomic mass is 10.1. The van der Waals surface area contributed by atoms with E-state index in [1.807, 2.05) is 43.3 Å². The minimum atomic E-state index is -0.158. The SMILES string of the molecule is Cc1ccccc1CC(=O)Nc1ccc(C#CCO)cc1. The zero-order valence-electron chi connectivity index (χ0n) is 11.9. The lowest BCUT2D eigenvalue weighted by molar-refractivity contribution is -0.115. The van der Waals surface area contributed by atoms with Gasteiger partial charge in [0.1, 0.15) is 6.61 Å². The normalized spacial score (nSPS) is 9.62. The van der Waals surface area contributed by atoms with Gasteiger partial charge in [-0.25, -0.2) is 0 Å². The maximum absolute atomic E-state index is 12.0. The van der Waals surface area contributed by atoms with E-state index in [0.717, 1.165) is 22.4 Å². The smallest absolute Gasteiger partial charge is 0.228 e. The number of carbonyl (C=O) groups is 1. The Kier molecular flexibility index (Phi) is 5.14. The Morgan fingerprint density at radius 3 is 2.52 bits per heavy atom. The number of anilines is 1. The van der Waals surface area contributed by atoms with E-state index in [1.54, 1.807) is 12.1 Å². The zero-order chi connectivity index (χ0) is 15.1. The topological polar surface area (TPSA) is 49.3 Å². The van der Waals surface area contributed by atoms with Crippen LogP contribution in [0.1, 0.15) is 16.7 Å². The van der Waals surface area contributed by atoms with Gasteiger partial charge in [-0.2, -0.15) is 0 Å². The highest BCUT2D eigenvalue weighted by Crippen LogP contribution is 2.12. The summed E-state index contributed by atoms with van der Waals surface area (Å²) in [6.45, 7) is 1.84. The van der Waals surface area contributed by atoms with Crippen LogP contribution < -0.4 is 5.32 Å². The monoisotopic (exact) mass is 279 g/mol. The molecule has 0 aliphatic rings. The molecule has 0 atom stereocenters. The summed E-state index contributed by atoms with van der Waals surface area (Å²) in [6, 6.07) is 15.1. The van der Waals surface area contributed by atoms with E-state index >= 15 is 0 Å². The van der Waals surface area contributed by atoms with Crippen LogP contribution in [0.2, 0.25) is 0 Å². The molecule has 106 valence electrons.